The van der Waals surface area contributed by atoms with Gasteiger partial charge in [0.25, 0.3) is 11.8 Å². The SMILES string of the molecule is COc1cccc(/C=C2\SC(=S)N(CCCC(=O)NNC(=O)c3cccc(O)c3)C2=O)c1. The van der Waals surface area contributed by atoms with Crippen LogP contribution >= 0.6 is 24.0 Å². The molecular formula is C22H21N3O5S2. The number of nitrogens with zero attached hydrogens (tertiary/aromatic N) is 1. The van der Waals surface area contributed by atoms with Crippen molar-refractivity contribution >= 4 is 52.1 Å². The molecule has 166 valence electrons. The number of carbonyl (C=O) groups excluding carboxylic acids is 3. The van der Waals surface area contributed by atoms with E-state index in [4.69, 9.17) is 17.0 Å². The monoisotopic (exact) mass is 471 g/mol. The molecule has 1 aliphatic heterocycles. The van der Waals surface area contributed by atoms with Crippen molar-refractivity contribution in [1.29, 1.82) is 0 Å². The lowest BCUT2D eigenvalue weighted by atomic mass is 10.2. The van der Waals surface area contributed by atoms with Crippen molar-refractivity contribution in [3.63, 3.8) is 0 Å². The molecule has 0 atom stereocenters. The third-order valence-electron chi connectivity index (χ3n) is 4.47. The third-order valence-corrected chi connectivity index (χ3v) is 5.85. The number of phenolic OH excluding ortho intramolecular Hbond substituents is 1. The largest absolute Gasteiger partial charge is 0.508 e. The molecule has 0 bridgehead atoms. The van der Waals surface area contributed by atoms with E-state index in [-0.39, 0.29) is 30.2 Å². The van der Waals surface area contributed by atoms with Gasteiger partial charge in [0.05, 0.1) is 12.0 Å². The molecule has 3 N–H and O–H groups in total. The zero-order valence-corrected chi connectivity index (χ0v) is 18.8. The highest BCUT2D eigenvalue weighted by atomic mass is 32.2. The van der Waals surface area contributed by atoms with Crippen molar-refractivity contribution in [2.75, 3.05) is 13.7 Å². The van der Waals surface area contributed by atoms with E-state index in [2.05, 4.69) is 10.9 Å². The predicted molar refractivity (Wildman–Crippen MR) is 126 cm³/mol. The summed E-state index contributed by atoms with van der Waals surface area (Å²) < 4.78 is 5.63. The second-order valence-corrected chi connectivity index (χ2v) is 8.44. The molecular weight excluding hydrogens is 450 g/mol. The molecule has 2 aromatic carbocycles. The molecule has 10 heteroatoms. The summed E-state index contributed by atoms with van der Waals surface area (Å²) in [6, 6.07) is 13.1. The van der Waals surface area contributed by atoms with E-state index in [1.165, 1.54) is 40.9 Å². The molecule has 0 radical (unpaired) electrons. The quantitative estimate of drug-likeness (QED) is 0.324. The lowest BCUT2D eigenvalue weighted by molar-refractivity contribution is -0.124. The number of hydrazine groups is 1. The summed E-state index contributed by atoms with van der Waals surface area (Å²) in [4.78, 5) is 38.6. The first-order valence-corrected chi connectivity index (χ1v) is 10.9. The Kier molecular flexibility index (Phi) is 7.85. The van der Waals surface area contributed by atoms with Gasteiger partial charge in [-0.1, -0.05) is 42.2 Å². The van der Waals surface area contributed by atoms with Gasteiger partial charge in [-0.3, -0.25) is 30.1 Å². The molecule has 1 fully saturated rings. The van der Waals surface area contributed by atoms with Gasteiger partial charge in [0.15, 0.2) is 0 Å². The Morgan fingerprint density at radius 3 is 2.72 bits per heavy atom. The fraction of sp³-hybridized carbons (Fsp3) is 0.182. The number of thiocarbonyl (C=S) groups is 1. The van der Waals surface area contributed by atoms with Gasteiger partial charge in [-0.2, -0.15) is 0 Å². The molecule has 0 aliphatic carbocycles. The van der Waals surface area contributed by atoms with Crippen LogP contribution in [0.1, 0.15) is 28.8 Å². The maximum atomic E-state index is 12.7. The van der Waals surface area contributed by atoms with Crippen LogP contribution in [-0.2, 0) is 9.59 Å². The molecule has 1 aliphatic rings. The molecule has 2 aromatic rings. The van der Waals surface area contributed by atoms with E-state index in [0.29, 0.717) is 21.4 Å². The third kappa shape index (κ3) is 6.08. The number of ether oxygens (including phenoxy) is 1. The van der Waals surface area contributed by atoms with E-state index in [1.54, 1.807) is 13.2 Å². The number of carbonyl (C=O) groups is 3. The van der Waals surface area contributed by atoms with Gasteiger partial charge < -0.3 is 9.84 Å². The number of nitrogens with one attached hydrogen (secondary N) is 2. The maximum Gasteiger partial charge on any atom is 0.269 e. The molecule has 3 rings (SSSR count). The van der Waals surface area contributed by atoms with E-state index in [1.807, 2.05) is 24.3 Å². The van der Waals surface area contributed by atoms with Crippen LogP contribution in [0.2, 0.25) is 0 Å². The van der Waals surface area contributed by atoms with Crippen molar-refractivity contribution in [1.82, 2.24) is 15.8 Å². The normalized spacial score (nSPS) is 14.5. The van der Waals surface area contributed by atoms with E-state index < -0.39 is 11.8 Å². The van der Waals surface area contributed by atoms with Gasteiger partial charge in [-0.25, -0.2) is 0 Å². The highest BCUT2D eigenvalue weighted by Gasteiger charge is 2.31. The number of hydrogen-bond acceptors (Lipinski definition) is 7. The van der Waals surface area contributed by atoms with Crippen LogP contribution < -0.4 is 15.6 Å². The molecule has 0 aromatic heterocycles. The average Bonchev–Trinajstić information content (AvgIpc) is 3.04. The Labute approximate surface area is 194 Å². The standard InChI is InChI=1S/C22H21N3O5S2/c1-30-17-8-2-5-14(11-17)12-18-21(29)25(22(31)32-18)10-4-9-19(27)23-24-20(28)15-6-3-7-16(26)13-15/h2-3,5-8,11-13,26H,4,9-10H2,1H3,(H,23,27)(H,24,28)/b18-12-. The fourth-order valence-corrected chi connectivity index (χ4v) is 4.19. The number of methoxy groups -OCH3 is 1. The Balaban J connectivity index is 1.47. The number of phenols is 1. The summed E-state index contributed by atoms with van der Waals surface area (Å²) in [5.74, 6) is -0.519. The molecule has 0 spiro atoms. The summed E-state index contributed by atoms with van der Waals surface area (Å²) in [5.41, 5.74) is 5.64. The highest BCUT2D eigenvalue weighted by Crippen LogP contribution is 2.33. The summed E-state index contributed by atoms with van der Waals surface area (Å²) in [7, 11) is 1.58. The summed E-state index contributed by atoms with van der Waals surface area (Å²) in [6.45, 7) is 0.286. The van der Waals surface area contributed by atoms with Crippen LogP contribution in [0.3, 0.4) is 0 Å². The second kappa shape index (κ2) is 10.8. The van der Waals surface area contributed by atoms with Gasteiger partial charge in [-0.15, -0.1) is 0 Å². The van der Waals surface area contributed by atoms with Crippen molar-refractivity contribution in [3.8, 4) is 11.5 Å². The Morgan fingerprint density at radius 2 is 1.97 bits per heavy atom. The van der Waals surface area contributed by atoms with Crippen LogP contribution in [0.25, 0.3) is 6.08 Å². The number of amides is 3. The van der Waals surface area contributed by atoms with Crippen molar-refractivity contribution in [2.45, 2.75) is 12.8 Å². The fourth-order valence-electron chi connectivity index (χ4n) is 2.88. The lowest BCUT2D eigenvalue weighted by Crippen LogP contribution is -2.41. The Morgan fingerprint density at radius 1 is 1.19 bits per heavy atom. The Hall–Kier alpha value is -3.37. The van der Waals surface area contributed by atoms with Crippen LogP contribution in [0, 0.1) is 0 Å². The van der Waals surface area contributed by atoms with E-state index >= 15 is 0 Å². The maximum absolute atomic E-state index is 12.7. The topological polar surface area (TPSA) is 108 Å². The van der Waals surface area contributed by atoms with Crippen LogP contribution in [0.4, 0.5) is 0 Å². The van der Waals surface area contributed by atoms with Gasteiger partial charge in [0.1, 0.15) is 15.8 Å². The molecule has 1 saturated heterocycles. The minimum atomic E-state index is -0.547. The number of hydrogen-bond donors (Lipinski definition) is 3. The molecule has 8 nitrogen and oxygen atoms in total. The van der Waals surface area contributed by atoms with Crippen LogP contribution in [0.15, 0.2) is 53.4 Å². The predicted octanol–water partition coefficient (Wildman–Crippen LogP) is 2.84. The first-order valence-electron chi connectivity index (χ1n) is 9.65. The van der Waals surface area contributed by atoms with E-state index in [0.717, 1.165) is 5.56 Å². The zero-order valence-electron chi connectivity index (χ0n) is 17.2. The molecule has 32 heavy (non-hydrogen) atoms. The number of rotatable bonds is 7. The lowest BCUT2D eigenvalue weighted by Gasteiger charge is -2.14. The molecule has 1 heterocycles. The van der Waals surface area contributed by atoms with Crippen LogP contribution in [0.5, 0.6) is 11.5 Å². The first-order chi connectivity index (χ1) is 15.4. The zero-order chi connectivity index (χ0) is 23.1. The van der Waals surface area contributed by atoms with Gasteiger partial charge in [-0.05, 0) is 48.4 Å². The summed E-state index contributed by atoms with van der Waals surface area (Å²) in [5, 5.41) is 9.41. The highest BCUT2D eigenvalue weighted by molar-refractivity contribution is 8.26. The van der Waals surface area contributed by atoms with Gasteiger partial charge >= 0.3 is 0 Å². The smallest absolute Gasteiger partial charge is 0.269 e. The number of thioether (sulfide) groups is 1. The molecule has 0 unspecified atom stereocenters. The summed E-state index contributed by atoms with van der Waals surface area (Å²) in [6.07, 6.45) is 2.21. The van der Waals surface area contributed by atoms with Crippen molar-refractivity contribution in [2.24, 2.45) is 0 Å². The van der Waals surface area contributed by atoms with Gasteiger partial charge in [0.2, 0.25) is 5.91 Å². The average molecular weight is 472 g/mol. The number of aromatic hydroxyl groups is 1. The molecule has 0 saturated carbocycles. The van der Waals surface area contributed by atoms with Crippen molar-refractivity contribution in [3.05, 3.63) is 64.6 Å². The molecule has 3 amide bonds. The summed E-state index contributed by atoms with van der Waals surface area (Å²) >= 11 is 6.53. The van der Waals surface area contributed by atoms with Crippen molar-refractivity contribution < 1.29 is 24.2 Å². The second-order valence-electron chi connectivity index (χ2n) is 6.77. The van der Waals surface area contributed by atoms with E-state index in [9.17, 15) is 19.5 Å². The minimum absolute atomic E-state index is 0.0482. The Bertz CT molecular complexity index is 1090. The van der Waals surface area contributed by atoms with Gasteiger partial charge in [0, 0.05) is 18.5 Å². The van der Waals surface area contributed by atoms with Crippen LogP contribution in [-0.4, -0.2) is 45.7 Å². The first kappa shape index (κ1) is 23.3. The number of benzene rings is 2. The minimum Gasteiger partial charge on any atom is -0.508 e.